The number of hydrogen-bond donors (Lipinski definition) is 2. The van der Waals surface area contributed by atoms with E-state index >= 15 is 0 Å². The molecule has 0 radical (unpaired) electrons. The Balaban J connectivity index is 1.47. The molecule has 3 aliphatic heterocycles. The number of H-pyrrole nitrogens is 2. The molecular weight excluding hydrogens is 456 g/mol. The van der Waals surface area contributed by atoms with Crippen molar-refractivity contribution >= 4 is 33.5 Å². The highest BCUT2D eigenvalue weighted by atomic mass is 32.2. The van der Waals surface area contributed by atoms with Crippen LogP contribution in [0.2, 0.25) is 0 Å². The van der Waals surface area contributed by atoms with Gasteiger partial charge in [-0.15, -0.1) is 0 Å². The monoisotopic (exact) mass is 482 g/mol. The third-order valence-electron chi connectivity index (χ3n) is 6.60. The first kappa shape index (κ1) is 21.5. The fourth-order valence-corrected chi connectivity index (χ4v) is 6.18. The zero-order chi connectivity index (χ0) is 23.6. The van der Waals surface area contributed by atoms with E-state index in [0.717, 1.165) is 23.3 Å². The van der Waals surface area contributed by atoms with Crippen LogP contribution in [0.1, 0.15) is 56.0 Å². The lowest BCUT2D eigenvalue weighted by atomic mass is 9.94. The van der Waals surface area contributed by atoms with Gasteiger partial charge in [-0.25, -0.2) is 4.99 Å². The number of ether oxygens (including phenoxy) is 3. The van der Waals surface area contributed by atoms with Gasteiger partial charge in [-0.3, -0.25) is 19.4 Å². The van der Waals surface area contributed by atoms with Crippen LogP contribution in [0.15, 0.2) is 32.8 Å². The molecule has 178 valence electrons. The molecule has 6 rings (SSSR count). The minimum atomic E-state index is -0.466. The molecule has 0 spiro atoms. The van der Waals surface area contributed by atoms with Crippen LogP contribution in [0.25, 0.3) is 10.9 Å². The number of aliphatic imine (C=N–C) groups is 1. The number of nitrogens with zero attached hydrogens (tertiary/aromatic N) is 2. The normalized spacial score (nSPS) is 23.4. The van der Waals surface area contributed by atoms with E-state index < -0.39 is 5.25 Å². The van der Waals surface area contributed by atoms with E-state index in [0.29, 0.717) is 53.8 Å². The Kier molecular flexibility index (Phi) is 4.93. The van der Waals surface area contributed by atoms with Gasteiger partial charge in [-0.1, -0.05) is 11.8 Å². The zero-order valence-corrected chi connectivity index (χ0v) is 20.1. The highest BCUT2D eigenvalue weighted by Gasteiger charge is 2.36. The lowest BCUT2D eigenvalue weighted by Gasteiger charge is -2.36. The Bertz CT molecular complexity index is 1450. The van der Waals surface area contributed by atoms with Gasteiger partial charge in [0.2, 0.25) is 0 Å². The van der Waals surface area contributed by atoms with Crippen LogP contribution < -0.4 is 20.6 Å². The Morgan fingerprint density at radius 2 is 1.85 bits per heavy atom. The van der Waals surface area contributed by atoms with Crippen molar-refractivity contribution < 1.29 is 14.2 Å². The molecular formula is C24H26N4O5S. The third-order valence-corrected chi connectivity index (χ3v) is 7.76. The summed E-state index contributed by atoms with van der Waals surface area (Å²) in [6.45, 7) is 7.61. The van der Waals surface area contributed by atoms with Crippen molar-refractivity contribution in [2.75, 3.05) is 19.8 Å². The van der Waals surface area contributed by atoms with Crippen molar-refractivity contribution in [3.05, 3.63) is 50.0 Å². The van der Waals surface area contributed by atoms with Crippen molar-refractivity contribution in [2.45, 2.75) is 50.5 Å². The van der Waals surface area contributed by atoms with E-state index in [-0.39, 0.29) is 22.8 Å². The summed E-state index contributed by atoms with van der Waals surface area (Å²) in [6.07, 6.45) is 1.55. The third kappa shape index (κ3) is 3.56. The van der Waals surface area contributed by atoms with Crippen molar-refractivity contribution in [1.82, 2.24) is 14.8 Å². The van der Waals surface area contributed by atoms with Crippen LogP contribution in [0, 0.1) is 0 Å². The molecule has 2 N–H and O–H groups in total. The Hall–Kier alpha value is -2.98. The second kappa shape index (κ2) is 7.78. The van der Waals surface area contributed by atoms with Crippen LogP contribution >= 0.6 is 11.8 Å². The molecule has 1 aromatic carbocycles. The molecule has 0 aliphatic carbocycles. The van der Waals surface area contributed by atoms with E-state index in [4.69, 9.17) is 19.2 Å². The average Bonchev–Trinajstić information content (AvgIpc) is 3.12. The first-order valence-electron chi connectivity index (χ1n) is 11.5. The van der Waals surface area contributed by atoms with Gasteiger partial charge in [-0.05, 0) is 45.7 Å². The summed E-state index contributed by atoms with van der Waals surface area (Å²) in [5.41, 5.74) is 0.970. The highest BCUT2D eigenvalue weighted by molar-refractivity contribution is 8.14. The summed E-state index contributed by atoms with van der Waals surface area (Å²) in [5, 5.41) is 4.18. The van der Waals surface area contributed by atoms with Crippen molar-refractivity contribution in [3.63, 3.8) is 0 Å². The molecule has 0 unspecified atom stereocenters. The van der Waals surface area contributed by atoms with Gasteiger partial charge in [0.15, 0.2) is 17.3 Å². The smallest absolute Gasteiger partial charge is 0.271 e. The lowest BCUT2D eigenvalue weighted by molar-refractivity contribution is -0.0705. The molecule has 2 aromatic heterocycles. The van der Waals surface area contributed by atoms with Gasteiger partial charge in [-0.2, -0.15) is 0 Å². The molecule has 3 aliphatic rings. The quantitative estimate of drug-likeness (QED) is 0.575. The molecule has 1 saturated heterocycles. The zero-order valence-electron chi connectivity index (χ0n) is 19.3. The van der Waals surface area contributed by atoms with E-state index in [9.17, 15) is 9.59 Å². The summed E-state index contributed by atoms with van der Waals surface area (Å²) >= 11 is 1.42. The SMILES string of the molecule is CC1=Nc2c(c(=O)[nH]n2[C@H]2CCOC(C)(C)C2)[C@@H](c2cc3cc4c(cc3[nH]c2=O)OCCO4)S1. The molecule has 9 nitrogen and oxygen atoms in total. The van der Waals surface area contributed by atoms with Gasteiger partial charge in [0.25, 0.3) is 11.1 Å². The molecule has 10 heteroatoms. The Morgan fingerprint density at radius 1 is 1.09 bits per heavy atom. The maximum Gasteiger partial charge on any atom is 0.271 e. The topological polar surface area (TPSA) is 111 Å². The highest BCUT2D eigenvalue weighted by Crippen LogP contribution is 2.45. The number of nitrogens with one attached hydrogen (secondary N) is 2. The average molecular weight is 483 g/mol. The molecule has 0 saturated carbocycles. The Morgan fingerprint density at radius 3 is 2.62 bits per heavy atom. The van der Waals surface area contributed by atoms with Crippen LogP contribution in [-0.2, 0) is 4.74 Å². The van der Waals surface area contributed by atoms with Gasteiger partial charge in [0.1, 0.15) is 13.2 Å². The molecule has 34 heavy (non-hydrogen) atoms. The molecule has 1 fully saturated rings. The fourth-order valence-electron chi connectivity index (χ4n) is 5.07. The standard InChI is InChI=1S/C24H26N4O5S/c1-12-25-21-19(23(30)27-28(21)14-4-5-33-24(2,3)11-14)20(34-12)15-8-13-9-17-18(32-7-6-31-17)10-16(13)26-22(15)29/h8-10,14,20H,4-7,11H2,1-3H3,(H,26,29)(H,27,30)/t14-,20+/m0/s1. The number of rotatable bonds is 2. The summed E-state index contributed by atoms with van der Waals surface area (Å²) < 4.78 is 19.1. The lowest BCUT2D eigenvalue weighted by Crippen LogP contribution is -2.35. The predicted octanol–water partition coefficient (Wildman–Crippen LogP) is 3.81. The van der Waals surface area contributed by atoms with Gasteiger partial charge < -0.3 is 19.2 Å². The summed E-state index contributed by atoms with van der Waals surface area (Å²) in [6, 6.07) is 5.58. The van der Waals surface area contributed by atoms with Crippen molar-refractivity contribution in [1.29, 1.82) is 0 Å². The number of hydrogen-bond acceptors (Lipinski definition) is 7. The van der Waals surface area contributed by atoms with Crippen LogP contribution in [0.4, 0.5) is 5.82 Å². The number of benzene rings is 1. The molecule has 0 bridgehead atoms. The van der Waals surface area contributed by atoms with Crippen LogP contribution in [-0.4, -0.2) is 45.2 Å². The van der Waals surface area contributed by atoms with E-state index in [2.05, 4.69) is 23.9 Å². The predicted molar refractivity (Wildman–Crippen MR) is 131 cm³/mol. The van der Waals surface area contributed by atoms with E-state index in [1.807, 2.05) is 23.7 Å². The maximum absolute atomic E-state index is 13.2. The largest absolute Gasteiger partial charge is 0.486 e. The van der Waals surface area contributed by atoms with Crippen molar-refractivity contribution in [2.24, 2.45) is 4.99 Å². The molecule has 0 amide bonds. The number of aromatic amines is 2. The van der Waals surface area contributed by atoms with E-state index in [1.54, 1.807) is 6.07 Å². The van der Waals surface area contributed by atoms with Crippen molar-refractivity contribution in [3.8, 4) is 11.5 Å². The first-order valence-corrected chi connectivity index (χ1v) is 12.3. The van der Waals surface area contributed by atoms with Gasteiger partial charge in [0.05, 0.1) is 33.0 Å². The second-order valence-electron chi connectivity index (χ2n) is 9.57. The minimum Gasteiger partial charge on any atom is -0.486 e. The number of aromatic nitrogens is 3. The maximum atomic E-state index is 13.2. The van der Waals surface area contributed by atoms with Crippen LogP contribution in [0.5, 0.6) is 11.5 Å². The summed E-state index contributed by atoms with van der Waals surface area (Å²) in [4.78, 5) is 34.1. The molecule has 2 atom stereocenters. The first-order chi connectivity index (χ1) is 16.3. The number of pyridine rings is 1. The summed E-state index contributed by atoms with van der Waals surface area (Å²) in [7, 11) is 0. The van der Waals surface area contributed by atoms with Crippen LogP contribution in [0.3, 0.4) is 0 Å². The molecule has 3 aromatic rings. The number of fused-ring (bicyclic) bond motifs is 3. The second-order valence-corrected chi connectivity index (χ2v) is 10.9. The minimum absolute atomic E-state index is 0.0686. The Labute approximate surface area is 199 Å². The van der Waals surface area contributed by atoms with Gasteiger partial charge >= 0.3 is 0 Å². The van der Waals surface area contributed by atoms with Gasteiger partial charge in [0, 0.05) is 23.6 Å². The molecule has 5 heterocycles. The fraction of sp³-hybridized carbons (Fsp3) is 0.458. The summed E-state index contributed by atoms with van der Waals surface area (Å²) in [5.74, 6) is 1.88. The van der Waals surface area contributed by atoms with E-state index in [1.165, 1.54) is 11.8 Å². The number of thioether (sulfide) groups is 1.